The highest BCUT2D eigenvalue weighted by Gasteiger charge is 1.96. The topological polar surface area (TPSA) is 9.23 Å². The van der Waals surface area contributed by atoms with Crippen molar-refractivity contribution in [2.45, 2.75) is 31.9 Å². The van der Waals surface area contributed by atoms with E-state index in [1.807, 2.05) is 12.1 Å². The number of thiol groups is 1. The van der Waals surface area contributed by atoms with Gasteiger partial charge in [0, 0.05) is 0 Å². The van der Waals surface area contributed by atoms with Gasteiger partial charge in [-0.15, -0.1) is 0 Å². The number of hydrogen-bond acceptors (Lipinski definition) is 2. The number of aryl methyl sites for hydroxylation is 1. The van der Waals surface area contributed by atoms with Crippen molar-refractivity contribution in [2.75, 3.05) is 6.61 Å². The van der Waals surface area contributed by atoms with Crippen LogP contribution < -0.4 is 4.74 Å². The lowest BCUT2D eigenvalue weighted by molar-refractivity contribution is 0.307. The maximum Gasteiger partial charge on any atom is 0.119 e. The first-order valence-corrected chi connectivity index (χ1v) is 5.57. The molecule has 0 bridgehead atoms. The molecular formula is C12H18OS. The summed E-state index contributed by atoms with van der Waals surface area (Å²) in [6.07, 6.45) is 2.17. The summed E-state index contributed by atoms with van der Waals surface area (Å²) in [5, 5.41) is 0.469. The number of rotatable bonds is 5. The quantitative estimate of drug-likeness (QED) is 0.578. The molecule has 1 unspecified atom stereocenters. The Morgan fingerprint density at radius 1 is 1.29 bits per heavy atom. The van der Waals surface area contributed by atoms with Crippen LogP contribution in [0.1, 0.15) is 25.3 Å². The first-order valence-electron chi connectivity index (χ1n) is 5.06. The molecule has 0 aliphatic carbocycles. The van der Waals surface area contributed by atoms with Gasteiger partial charge in [0.25, 0.3) is 0 Å². The molecule has 0 saturated carbocycles. The van der Waals surface area contributed by atoms with E-state index in [-0.39, 0.29) is 0 Å². The van der Waals surface area contributed by atoms with Crippen LogP contribution >= 0.6 is 12.6 Å². The lowest BCUT2D eigenvalue weighted by atomic mass is 10.2. The fraction of sp³-hybridized carbons (Fsp3) is 0.500. The molecule has 14 heavy (non-hydrogen) atoms. The van der Waals surface area contributed by atoms with Crippen molar-refractivity contribution in [2.24, 2.45) is 0 Å². The Kier molecular flexibility index (Phi) is 4.88. The smallest absolute Gasteiger partial charge is 0.119 e. The number of hydrogen-bond donors (Lipinski definition) is 1. The van der Waals surface area contributed by atoms with Gasteiger partial charge in [-0.1, -0.05) is 24.6 Å². The maximum atomic E-state index is 5.58. The van der Waals surface area contributed by atoms with Crippen molar-refractivity contribution >= 4 is 12.6 Å². The van der Waals surface area contributed by atoms with Crippen molar-refractivity contribution in [1.29, 1.82) is 0 Å². The van der Waals surface area contributed by atoms with Crippen molar-refractivity contribution in [1.82, 2.24) is 0 Å². The Hall–Kier alpha value is -0.630. The standard InChI is InChI=1S/C12H18OS/c1-10-5-7-12(8-6-10)13-9-3-4-11(2)14/h5-8,11,14H,3-4,9H2,1-2H3. The lowest BCUT2D eigenvalue weighted by Gasteiger charge is -2.07. The van der Waals surface area contributed by atoms with E-state index in [2.05, 4.69) is 38.6 Å². The van der Waals surface area contributed by atoms with Crippen LogP contribution in [0.4, 0.5) is 0 Å². The molecule has 0 saturated heterocycles. The fourth-order valence-corrected chi connectivity index (χ4v) is 1.39. The van der Waals surface area contributed by atoms with Gasteiger partial charge in [-0.2, -0.15) is 12.6 Å². The molecule has 0 amide bonds. The molecule has 0 heterocycles. The second kappa shape index (κ2) is 5.97. The Balaban J connectivity index is 2.21. The van der Waals surface area contributed by atoms with Crippen molar-refractivity contribution < 1.29 is 4.74 Å². The molecule has 78 valence electrons. The molecule has 0 aliphatic rings. The maximum absolute atomic E-state index is 5.58. The van der Waals surface area contributed by atoms with Crippen molar-refractivity contribution in [3.05, 3.63) is 29.8 Å². The summed E-state index contributed by atoms with van der Waals surface area (Å²) in [5.41, 5.74) is 1.27. The van der Waals surface area contributed by atoms with Crippen LogP contribution in [0.15, 0.2) is 24.3 Å². The van der Waals surface area contributed by atoms with Crippen LogP contribution in [0.2, 0.25) is 0 Å². The molecule has 0 N–H and O–H groups in total. The Labute approximate surface area is 91.9 Å². The molecule has 2 heteroatoms. The van der Waals surface area contributed by atoms with Gasteiger partial charge < -0.3 is 4.74 Å². The molecular weight excluding hydrogens is 192 g/mol. The summed E-state index contributed by atoms with van der Waals surface area (Å²) in [6.45, 7) is 4.97. The summed E-state index contributed by atoms with van der Waals surface area (Å²) in [4.78, 5) is 0. The third-order valence-electron chi connectivity index (χ3n) is 2.06. The van der Waals surface area contributed by atoms with E-state index < -0.39 is 0 Å². The van der Waals surface area contributed by atoms with Gasteiger partial charge in [-0.25, -0.2) is 0 Å². The molecule has 1 atom stereocenters. The van der Waals surface area contributed by atoms with E-state index >= 15 is 0 Å². The molecule has 1 aromatic carbocycles. The highest BCUT2D eigenvalue weighted by Crippen LogP contribution is 2.12. The predicted octanol–water partition coefficient (Wildman–Crippen LogP) is 3.47. The van der Waals surface area contributed by atoms with Crippen LogP contribution in [0.5, 0.6) is 5.75 Å². The number of ether oxygens (including phenoxy) is 1. The second-order valence-electron chi connectivity index (χ2n) is 3.65. The van der Waals surface area contributed by atoms with Gasteiger partial charge in [-0.3, -0.25) is 0 Å². The molecule has 0 aliphatic heterocycles. The highest BCUT2D eigenvalue weighted by atomic mass is 32.1. The van der Waals surface area contributed by atoms with Crippen LogP contribution in [0.3, 0.4) is 0 Å². The highest BCUT2D eigenvalue weighted by molar-refractivity contribution is 7.80. The van der Waals surface area contributed by atoms with E-state index in [1.54, 1.807) is 0 Å². The summed E-state index contributed by atoms with van der Waals surface area (Å²) in [5.74, 6) is 0.961. The molecule has 1 aromatic rings. The van der Waals surface area contributed by atoms with Crippen molar-refractivity contribution in [3.8, 4) is 5.75 Å². The minimum Gasteiger partial charge on any atom is -0.494 e. The average Bonchev–Trinajstić information content (AvgIpc) is 2.15. The summed E-state index contributed by atoms with van der Waals surface area (Å²) in [6, 6.07) is 8.16. The van der Waals surface area contributed by atoms with E-state index in [0.29, 0.717) is 5.25 Å². The first kappa shape index (κ1) is 11.4. The van der Waals surface area contributed by atoms with Crippen LogP contribution in [0, 0.1) is 6.92 Å². The normalized spacial score (nSPS) is 12.5. The summed E-state index contributed by atoms with van der Waals surface area (Å²) >= 11 is 4.32. The SMILES string of the molecule is Cc1ccc(OCCCC(C)S)cc1. The largest absolute Gasteiger partial charge is 0.494 e. The van der Waals surface area contributed by atoms with Crippen LogP contribution in [0.25, 0.3) is 0 Å². The number of benzene rings is 1. The molecule has 0 spiro atoms. The monoisotopic (exact) mass is 210 g/mol. The molecule has 1 nitrogen and oxygen atoms in total. The zero-order valence-corrected chi connectivity index (χ0v) is 9.76. The van der Waals surface area contributed by atoms with Crippen LogP contribution in [-0.4, -0.2) is 11.9 Å². The van der Waals surface area contributed by atoms with E-state index in [0.717, 1.165) is 25.2 Å². The predicted molar refractivity (Wildman–Crippen MR) is 64.4 cm³/mol. The molecule has 0 fully saturated rings. The van der Waals surface area contributed by atoms with E-state index in [9.17, 15) is 0 Å². The van der Waals surface area contributed by atoms with Crippen molar-refractivity contribution in [3.63, 3.8) is 0 Å². The lowest BCUT2D eigenvalue weighted by Crippen LogP contribution is -2.00. The van der Waals surface area contributed by atoms with Gasteiger partial charge >= 0.3 is 0 Å². The third kappa shape index (κ3) is 4.56. The summed E-state index contributed by atoms with van der Waals surface area (Å²) in [7, 11) is 0. The summed E-state index contributed by atoms with van der Waals surface area (Å²) < 4.78 is 5.58. The van der Waals surface area contributed by atoms with E-state index in [4.69, 9.17) is 4.74 Å². The third-order valence-corrected chi connectivity index (χ3v) is 2.31. The minimum atomic E-state index is 0.469. The van der Waals surface area contributed by atoms with Gasteiger partial charge in [0.05, 0.1) is 6.61 Å². The van der Waals surface area contributed by atoms with Gasteiger partial charge in [0.2, 0.25) is 0 Å². The molecule has 0 aromatic heterocycles. The second-order valence-corrected chi connectivity index (χ2v) is 4.53. The average molecular weight is 210 g/mol. The Bertz CT molecular complexity index is 254. The Morgan fingerprint density at radius 2 is 1.93 bits per heavy atom. The van der Waals surface area contributed by atoms with E-state index in [1.165, 1.54) is 5.56 Å². The van der Waals surface area contributed by atoms with Crippen LogP contribution in [-0.2, 0) is 0 Å². The van der Waals surface area contributed by atoms with Gasteiger partial charge in [-0.05, 0) is 37.1 Å². The minimum absolute atomic E-state index is 0.469. The van der Waals surface area contributed by atoms with Gasteiger partial charge in [0.1, 0.15) is 5.75 Å². The first-order chi connectivity index (χ1) is 6.68. The molecule has 0 radical (unpaired) electrons. The fourth-order valence-electron chi connectivity index (χ4n) is 1.20. The van der Waals surface area contributed by atoms with Gasteiger partial charge in [0.15, 0.2) is 0 Å². The zero-order chi connectivity index (χ0) is 10.4. The molecule has 1 rings (SSSR count). The zero-order valence-electron chi connectivity index (χ0n) is 8.86. The Morgan fingerprint density at radius 3 is 2.50 bits per heavy atom.